The number of Topliss-reactive ketones (excluding diaryl/α,β-unsaturated/α-hetero) is 1. The van der Waals surface area contributed by atoms with Gasteiger partial charge in [-0.3, -0.25) is 4.79 Å². The van der Waals surface area contributed by atoms with Gasteiger partial charge in [0.05, 0.1) is 7.11 Å². The van der Waals surface area contributed by atoms with Crippen molar-refractivity contribution in [3.8, 4) is 11.5 Å². The molecule has 0 N–H and O–H groups in total. The maximum Gasteiger partial charge on any atom is 0.222 e. The van der Waals surface area contributed by atoms with Gasteiger partial charge in [0.1, 0.15) is 11.5 Å². The molecule has 1 heterocycles. The number of rotatable bonds is 5. The average molecular weight is 278 g/mol. The van der Waals surface area contributed by atoms with Crippen molar-refractivity contribution in [1.29, 1.82) is 0 Å². The lowest BCUT2D eigenvalue weighted by Crippen LogP contribution is -2.14. The highest BCUT2D eigenvalue weighted by molar-refractivity contribution is 6.30. The predicted octanol–water partition coefficient (Wildman–Crippen LogP) is 3.01. The van der Waals surface area contributed by atoms with E-state index in [1.54, 1.807) is 36.4 Å². The number of carbonyl (C=O) groups is 1. The van der Waals surface area contributed by atoms with Crippen LogP contribution in [0.15, 0.2) is 42.6 Å². The van der Waals surface area contributed by atoms with Crippen molar-refractivity contribution < 1.29 is 14.3 Å². The molecule has 0 bridgehead atoms. The highest BCUT2D eigenvalue weighted by Gasteiger charge is 2.13. The van der Waals surface area contributed by atoms with Crippen LogP contribution in [0.3, 0.4) is 0 Å². The summed E-state index contributed by atoms with van der Waals surface area (Å²) in [6.07, 6.45) is 1.54. The van der Waals surface area contributed by atoms with Crippen LogP contribution >= 0.6 is 11.6 Å². The molecule has 1 aromatic carbocycles. The first-order chi connectivity index (χ1) is 9.20. The first kappa shape index (κ1) is 13.4. The van der Waals surface area contributed by atoms with Crippen LogP contribution in [-0.4, -0.2) is 24.5 Å². The van der Waals surface area contributed by atoms with Crippen LogP contribution in [0.1, 0.15) is 10.5 Å². The van der Waals surface area contributed by atoms with Gasteiger partial charge in [0.2, 0.25) is 5.78 Å². The van der Waals surface area contributed by atoms with Crippen LogP contribution in [0, 0.1) is 0 Å². The lowest BCUT2D eigenvalue weighted by atomic mass is 10.2. The molecule has 0 aliphatic rings. The van der Waals surface area contributed by atoms with Gasteiger partial charge in [-0.05, 0) is 36.4 Å². The zero-order valence-electron chi connectivity index (χ0n) is 10.3. The van der Waals surface area contributed by atoms with Gasteiger partial charge in [-0.15, -0.1) is 0 Å². The van der Waals surface area contributed by atoms with Gasteiger partial charge in [-0.1, -0.05) is 11.6 Å². The van der Waals surface area contributed by atoms with E-state index in [1.165, 1.54) is 13.3 Å². The molecule has 0 amide bonds. The molecule has 2 aromatic rings. The van der Waals surface area contributed by atoms with Gasteiger partial charge >= 0.3 is 0 Å². The largest absolute Gasteiger partial charge is 0.494 e. The van der Waals surface area contributed by atoms with Crippen LogP contribution < -0.4 is 9.47 Å². The number of nitrogens with zero attached hydrogens (tertiary/aromatic N) is 1. The fourth-order valence-electron chi connectivity index (χ4n) is 1.51. The Morgan fingerprint density at radius 3 is 2.68 bits per heavy atom. The molecule has 2 rings (SSSR count). The Kier molecular flexibility index (Phi) is 4.36. The molecule has 0 fully saturated rings. The van der Waals surface area contributed by atoms with Gasteiger partial charge in [-0.2, -0.15) is 0 Å². The molecule has 0 saturated heterocycles. The Balaban J connectivity index is 2.03. The molecular formula is C14H12ClNO3. The number of ketones is 1. The third-order valence-corrected chi connectivity index (χ3v) is 2.69. The summed E-state index contributed by atoms with van der Waals surface area (Å²) in [7, 11) is 1.49. The number of hydrogen-bond donors (Lipinski definition) is 0. The number of halogens is 1. The number of hydrogen-bond acceptors (Lipinski definition) is 4. The monoisotopic (exact) mass is 277 g/mol. The molecule has 98 valence electrons. The molecule has 0 spiro atoms. The normalized spacial score (nSPS) is 10.0. The molecule has 0 aliphatic heterocycles. The van der Waals surface area contributed by atoms with E-state index in [4.69, 9.17) is 21.1 Å². The molecule has 1 aromatic heterocycles. The molecule has 0 aliphatic carbocycles. The Morgan fingerprint density at radius 2 is 2.00 bits per heavy atom. The standard InChI is InChI=1S/C14H12ClNO3/c1-18-13-3-2-8-16-14(13)12(17)9-19-11-6-4-10(15)5-7-11/h2-8H,9H2,1H3. The van der Waals surface area contributed by atoms with Gasteiger partial charge in [0.15, 0.2) is 12.3 Å². The SMILES string of the molecule is COc1cccnc1C(=O)COc1ccc(Cl)cc1. The first-order valence-corrected chi connectivity index (χ1v) is 5.99. The fraction of sp³-hybridized carbons (Fsp3) is 0.143. The summed E-state index contributed by atoms with van der Waals surface area (Å²) in [5.74, 6) is 0.771. The molecule has 5 heteroatoms. The topological polar surface area (TPSA) is 48.4 Å². The summed E-state index contributed by atoms with van der Waals surface area (Å²) >= 11 is 5.76. The maximum absolute atomic E-state index is 12.0. The Hall–Kier alpha value is -2.07. The summed E-state index contributed by atoms with van der Waals surface area (Å²) < 4.78 is 10.5. The quantitative estimate of drug-likeness (QED) is 0.788. The van der Waals surface area contributed by atoms with Crippen molar-refractivity contribution in [3.63, 3.8) is 0 Å². The minimum atomic E-state index is -0.243. The van der Waals surface area contributed by atoms with Crippen LogP contribution in [0.4, 0.5) is 0 Å². The fourth-order valence-corrected chi connectivity index (χ4v) is 1.64. The summed E-state index contributed by atoms with van der Waals surface area (Å²) in [6.45, 7) is -0.102. The van der Waals surface area contributed by atoms with E-state index in [2.05, 4.69) is 4.98 Å². The second-order valence-corrected chi connectivity index (χ2v) is 4.16. The van der Waals surface area contributed by atoms with E-state index in [1.807, 2.05) is 0 Å². The van der Waals surface area contributed by atoms with Crippen molar-refractivity contribution in [2.75, 3.05) is 13.7 Å². The smallest absolute Gasteiger partial charge is 0.222 e. The molecule has 0 unspecified atom stereocenters. The Morgan fingerprint density at radius 1 is 1.26 bits per heavy atom. The average Bonchev–Trinajstić information content (AvgIpc) is 2.46. The second-order valence-electron chi connectivity index (χ2n) is 3.72. The van der Waals surface area contributed by atoms with Crippen molar-refractivity contribution in [2.24, 2.45) is 0 Å². The first-order valence-electron chi connectivity index (χ1n) is 5.61. The van der Waals surface area contributed by atoms with E-state index in [0.29, 0.717) is 16.5 Å². The van der Waals surface area contributed by atoms with Gasteiger partial charge < -0.3 is 9.47 Å². The van der Waals surface area contributed by atoms with Gasteiger partial charge in [0.25, 0.3) is 0 Å². The van der Waals surface area contributed by atoms with Crippen LogP contribution in [-0.2, 0) is 0 Å². The molecule has 0 radical (unpaired) electrons. The highest BCUT2D eigenvalue weighted by Crippen LogP contribution is 2.18. The number of aromatic nitrogens is 1. The van der Waals surface area contributed by atoms with Crippen LogP contribution in [0.5, 0.6) is 11.5 Å². The summed E-state index contributed by atoms with van der Waals surface area (Å²) in [5.41, 5.74) is 0.263. The number of pyridine rings is 1. The lowest BCUT2D eigenvalue weighted by Gasteiger charge is -2.07. The van der Waals surface area contributed by atoms with E-state index >= 15 is 0 Å². The molecule has 0 atom stereocenters. The zero-order chi connectivity index (χ0) is 13.7. The van der Waals surface area contributed by atoms with Crippen molar-refractivity contribution in [1.82, 2.24) is 4.98 Å². The maximum atomic E-state index is 12.0. The third-order valence-electron chi connectivity index (χ3n) is 2.44. The molecule has 4 nitrogen and oxygen atoms in total. The number of methoxy groups -OCH3 is 1. The summed E-state index contributed by atoms with van der Waals surface area (Å²) in [6, 6.07) is 10.2. The minimum Gasteiger partial charge on any atom is -0.494 e. The summed E-state index contributed by atoms with van der Waals surface area (Å²) in [4.78, 5) is 16.0. The third kappa shape index (κ3) is 3.45. The number of ether oxygens (including phenoxy) is 2. The van der Waals surface area contributed by atoms with E-state index < -0.39 is 0 Å². The molecule has 0 saturated carbocycles. The van der Waals surface area contributed by atoms with Crippen molar-refractivity contribution in [3.05, 3.63) is 53.3 Å². The summed E-state index contributed by atoms with van der Waals surface area (Å²) in [5, 5.41) is 0.616. The van der Waals surface area contributed by atoms with Crippen molar-refractivity contribution >= 4 is 17.4 Å². The van der Waals surface area contributed by atoms with Crippen LogP contribution in [0.2, 0.25) is 5.02 Å². The predicted molar refractivity (Wildman–Crippen MR) is 72.1 cm³/mol. The highest BCUT2D eigenvalue weighted by atomic mass is 35.5. The van der Waals surface area contributed by atoms with Gasteiger partial charge in [-0.25, -0.2) is 4.98 Å². The van der Waals surface area contributed by atoms with Crippen LogP contribution in [0.25, 0.3) is 0 Å². The zero-order valence-corrected chi connectivity index (χ0v) is 11.1. The number of benzene rings is 1. The minimum absolute atomic E-state index is 0.102. The number of carbonyl (C=O) groups excluding carboxylic acids is 1. The molecular weight excluding hydrogens is 266 g/mol. The Labute approximate surface area is 115 Å². The Bertz CT molecular complexity index is 569. The van der Waals surface area contributed by atoms with E-state index in [9.17, 15) is 4.79 Å². The second kappa shape index (κ2) is 6.20. The van der Waals surface area contributed by atoms with E-state index in [0.717, 1.165) is 0 Å². The lowest BCUT2D eigenvalue weighted by molar-refractivity contribution is 0.0913. The molecule has 19 heavy (non-hydrogen) atoms. The van der Waals surface area contributed by atoms with Gasteiger partial charge in [0, 0.05) is 11.2 Å². The van der Waals surface area contributed by atoms with Crippen molar-refractivity contribution in [2.45, 2.75) is 0 Å². The van der Waals surface area contributed by atoms with E-state index in [-0.39, 0.29) is 18.1 Å².